The molecule has 3 aliphatic carbocycles. The molecular weight excluding hydrogens is 446 g/mol. The van der Waals surface area contributed by atoms with E-state index in [-0.39, 0.29) is 0 Å². The van der Waals surface area contributed by atoms with E-state index in [0.717, 1.165) is 23.7 Å². The Labute approximate surface area is 227 Å². The highest BCUT2D eigenvalue weighted by atomic mass is 15.2. The maximum absolute atomic E-state index is 2.97. The van der Waals surface area contributed by atoms with Crippen LogP contribution in [0.5, 0.6) is 0 Å². The molecule has 1 aliphatic heterocycles. The van der Waals surface area contributed by atoms with Crippen LogP contribution in [0.15, 0.2) is 42.5 Å². The van der Waals surface area contributed by atoms with Gasteiger partial charge in [0, 0.05) is 18.0 Å². The Morgan fingerprint density at radius 1 is 1.03 bits per heavy atom. The van der Waals surface area contributed by atoms with Gasteiger partial charge in [-0.1, -0.05) is 76.6 Å². The molecule has 0 amide bonds. The number of rotatable bonds is 7. The van der Waals surface area contributed by atoms with Crippen LogP contribution in [0.25, 0.3) is 0 Å². The van der Waals surface area contributed by atoms with Crippen molar-refractivity contribution in [2.45, 2.75) is 110 Å². The van der Waals surface area contributed by atoms with Gasteiger partial charge in [0.15, 0.2) is 0 Å². The third-order valence-electron chi connectivity index (χ3n) is 12.5. The van der Waals surface area contributed by atoms with Crippen molar-refractivity contribution in [2.24, 2.45) is 29.1 Å². The lowest BCUT2D eigenvalue weighted by Gasteiger charge is -2.68. The van der Waals surface area contributed by atoms with Crippen molar-refractivity contribution in [2.75, 3.05) is 13.1 Å². The van der Waals surface area contributed by atoms with Crippen LogP contribution < -0.4 is 0 Å². The van der Waals surface area contributed by atoms with E-state index < -0.39 is 0 Å². The van der Waals surface area contributed by atoms with Crippen molar-refractivity contribution in [3.05, 3.63) is 70.3 Å². The van der Waals surface area contributed by atoms with Crippen LogP contribution in [-0.2, 0) is 18.3 Å². The molecule has 2 aromatic rings. The summed E-state index contributed by atoms with van der Waals surface area (Å²) in [6, 6.07) is 17.2. The second-order valence-electron chi connectivity index (χ2n) is 13.5. The van der Waals surface area contributed by atoms with Crippen molar-refractivity contribution in [3.63, 3.8) is 0 Å². The Morgan fingerprint density at radius 3 is 2.43 bits per heavy atom. The van der Waals surface area contributed by atoms with E-state index in [1.165, 1.54) is 64.5 Å². The van der Waals surface area contributed by atoms with E-state index in [1.807, 2.05) is 5.56 Å². The molecule has 4 aliphatic rings. The second-order valence-corrected chi connectivity index (χ2v) is 13.5. The summed E-state index contributed by atoms with van der Waals surface area (Å²) in [5.74, 6) is 3.93. The highest BCUT2D eigenvalue weighted by Gasteiger charge is 2.69. The Bertz CT molecular complexity index is 1110. The largest absolute Gasteiger partial charge is 0.300 e. The standard InChI is InChI=1S/C36H51N/c1-7-28-18-15-24(4)34-31(28)21-33-30(8-2)32(25(5)29-13-11-10-12-14-29)22-35(9-3)26(6)37(23-27-16-17-27)20-19-36(33,34)35/h10-15,18,25-27,30,32-33H,7-9,16-17,19-23H2,1-6H3/t25?,26?,30?,32-,33+,35-,36?/m1/s1. The molecule has 1 saturated heterocycles. The number of aryl methyl sites for hydroxylation is 2. The quantitative estimate of drug-likeness (QED) is 0.370. The highest BCUT2D eigenvalue weighted by molar-refractivity contribution is 5.53. The van der Waals surface area contributed by atoms with Gasteiger partial charge in [-0.25, -0.2) is 0 Å². The van der Waals surface area contributed by atoms with E-state index in [0.29, 0.717) is 22.8 Å². The lowest BCUT2D eigenvalue weighted by molar-refractivity contribution is -0.145. The first kappa shape index (κ1) is 25.7. The van der Waals surface area contributed by atoms with E-state index in [1.54, 1.807) is 22.3 Å². The predicted molar refractivity (Wildman–Crippen MR) is 157 cm³/mol. The highest BCUT2D eigenvalue weighted by Crippen LogP contribution is 2.71. The van der Waals surface area contributed by atoms with Gasteiger partial charge in [-0.05, 0) is 128 Å². The Hall–Kier alpha value is -1.60. The topological polar surface area (TPSA) is 3.24 Å². The summed E-state index contributed by atoms with van der Waals surface area (Å²) in [5.41, 5.74) is 9.11. The minimum atomic E-state index is 0.347. The van der Waals surface area contributed by atoms with Gasteiger partial charge >= 0.3 is 0 Å². The van der Waals surface area contributed by atoms with Gasteiger partial charge in [0.05, 0.1) is 0 Å². The van der Waals surface area contributed by atoms with Crippen molar-refractivity contribution in [1.82, 2.24) is 4.90 Å². The van der Waals surface area contributed by atoms with Crippen molar-refractivity contribution >= 4 is 0 Å². The first-order valence-electron chi connectivity index (χ1n) is 15.8. The molecule has 0 radical (unpaired) electrons. The van der Waals surface area contributed by atoms with Gasteiger partial charge in [0.1, 0.15) is 0 Å². The van der Waals surface area contributed by atoms with Gasteiger partial charge in [-0.2, -0.15) is 0 Å². The first-order valence-corrected chi connectivity index (χ1v) is 15.8. The number of hydrogen-bond acceptors (Lipinski definition) is 1. The molecule has 37 heavy (non-hydrogen) atoms. The van der Waals surface area contributed by atoms with Crippen LogP contribution in [0.2, 0.25) is 0 Å². The molecule has 2 saturated carbocycles. The summed E-state index contributed by atoms with van der Waals surface area (Å²) in [6.45, 7) is 17.8. The molecule has 1 heterocycles. The van der Waals surface area contributed by atoms with Gasteiger partial charge in [0.2, 0.25) is 0 Å². The smallest absolute Gasteiger partial charge is 0.0132 e. The Morgan fingerprint density at radius 2 is 1.78 bits per heavy atom. The van der Waals surface area contributed by atoms with Gasteiger partial charge in [0.25, 0.3) is 0 Å². The van der Waals surface area contributed by atoms with E-state index in [4.69, 9.17) is 0 Å². The molecule has 6 rings (SSSR count). The van der Waals surface area contributed by atoms with Crippen LogP contribution in [0, 0.1) is 36.0 Å². The van der Waals surface area contributed by atoms with E-state index in [9.17, 15) is 0 Å². The average molecular weight is 498 g/mol. The Balaban J connectivity index is 1.54. The fourth-order valence-corrected chi connectivity index (χ4v) is 10.5. The molecule has 3 fully saturated rings. The molecule has 1 heteroatoms. The lowest BCUT2D eigenvalue weighted by atomic mass is 9.40. The van der Waals surface area contributed by atoms with Crippen LogP contribution in [0.4, 0.5) is 0 Å². The molecule has 4 unspecified atom stereocenters. The summed E-state index contributed by atoms with van der Waals surface area (Å²) in [7, 11) is 0. The van der Waals surface area contributed by atoms with Crippen LogP contribution in [-0.4, -0.2) is 24.0 Å². The maximum atomic E-state index is 2.97. The second kappa shape index (κ2) is 9.55. The summed E-state index contributed by atoms with van der Waals surface area (Å²) in [4.78, 5) is 2.97. The number of fused-ring (bicyclic) bond motifs is 1. The minimum absolute atomic E-state index is 0.347. The van der Waals surface area contributed by atoms with Gasteiger partial charge < -0.3 is 0 Å². The van der Waals surface area contributed by atoms with Crippen molar-refractivity contribution in [3.8, 4) is 0 Å². The first-order chi connectivity index (χ1) is 17.9. The number of benzene rings is 2. The Kier molecular flexibility index (Phi) is 6.62. The van der Waals surface area contributed by atoms with Crippen LogP contribution >= 0.6 is 0 Å². The molecule has 200 valence electrons. The maximum Gasteiger partial charge on any atom is 0.0132 e. The van der Waals surface area contributed by atoms with E-state index >= 15 is 0 Å². The molecule has 1 nitrogen and oxygen atoms in total. The normalized spacial score (nSPS) is 36.1. The molecule has 0 N–H and O–H groups in total. The zero-order valence-corrected chi connectivity index (χ0v) is 24.5. The average Bonchev–Trinajstić information content (AvgIpc) is 3.68. The van der Waals surface area contributed by atoms with Crippen LogP contribution in [0.1, 0.15) is 107 Å². The lowest BCUT2D eigenvalue weighted by Crippen LogP contribution is -2.68. The van der Waals surface area contributed by atoms with E-state index in [2.05, 4.69) is 88.9 Å². The summed E-state index contributed by atoms with van der Waals surface area (Å²) in [5, 5.41) is 0. The molecule has 1 spiro atoms. The molecule has 0 bridgehead atoms. The zero-order chi connectivity index (χ0) is 25.9. The van der Waals surface area contributed by atoms with Crippen molar-refractivity contribution in [1.29, 1.82) is 0 Å². The monoisotopic (exact) mass is 497 g/mol. The third-order valence-corrected chi connectivity index (χ3v) is 12.5. The molecule has 0 aromatic heterocycles. The summed E-state index contributed by atoms with van der Waals surface area (Å²) >= 11 is 0. The number of likely N-dealkylation sites (tertiary alicyclic amines) is 1. The number of piperidine rings is 1. The van der Waals surface area contributed by atoms with Gasteiger partial charge in [-0.15, -0.1) is 0 Å². The minimum Gasteiger partial charge on any atom is -0.300 e. The van der Waals surface area contributed by atoms with Crippen molar-refractivity contribution < 1.29 is 0 Å². The molecular formula is C36H51N. The predicted octanol–water partition coefficient (Wildman–Crippen LogP) is 8.72. The number of nitrogens with zero attached hydrogens (tertiary/aromatic N) is 1. The summed E-state index contributed by atoms with van der Waals surface area (Å²) < 4.78 is 0. The molecule has 2 aromatic carbocycles. The fraction of sp³-hybridized carbons (Fsp3) is 0.667. The molecule has 7 atom stereocenters. The summed E-state index contributed by atoms with van der Waals surface area (Å²) in [6.07, 6.45) is 10.8. The van der Waals surface area contributed by atoms with Crippen LogP contribution in [0.3, 0.4) is 0 Å². The fourth-order valence-electron chi connectivity index (χ4n) is 10.5. The zero-order valence-electron chi connectivity index (χ0n) is 24.5. The SMILES string of the molecule is CCc1ccc(C)c2c1C[C@H]1C(CC)[C@@H](C(C)c3ccccc3)C[C@]3(CC)C(C)N(CC4CC4)CCC213. The van der Waals surface area contributed by atoms with Gasteiger partial charge in [-0.3, -0.25) is 4.90 Å². The third kappa shape index (κ3) is 3.65. The number of hydrogen-bond donors (Lipinski definition) is 0.